The van der Waals surface area contributed by atoms with Gasteiger partial charge < -0.3 is 15.2 Å². The normalized spacial score (nSPS) is 12.8. The minimum absolute atomic E-state index is 0.00853. The molecular formula is C19H15F5N2O2. The summed E-state index contributed by atoms with van der Waals surface area (Å²) < 4.78 is 69.2. The summed E-state index contributed by atoms with van der Waals surface area (Å²) in [5.74, 6) is -2.11. The summed E-state index contributed by atoms with van der Waals surface area (Å²) in [6.45, 7) is 1.03. The van der Waals surface area contributed by atoms with Crippen molar-refractivity contribution in [1.29, 1.82) is 0 Å². The van der Waals surface area contributed by atoms with E-state index >= 15 is 0 Å². The Bertz CT molecular complexity index is 1010. The van der Waals surface area contributed by atoms with Crippen molar-refractivity contribution < 1.29 is 31.8 Å². The number of nitrogens with one attached hydrogen (secondary N) is 1. The van der Waals surface area contributed by atoms with Crippen LogP contribution >= 0.6 is 0 Å². The van der Waals surface area contributed by atoms with Crippen LogP contribution in [0.4, 0.5) is 27.6 Å². The third-order valence-electron chi connectivity index (χ3n) is 4.01. The molecule has 1 unspecified atom stereocenters. The molecule has 0 saturated carbocycles. The Morgan fingerprint density at radius 3 is 2.54 bits per heavy atom. The van der Waals surface area contributed by atoms with Crippen molar-refractivity contribution in [3.8, 4) is 5.75 Å². The van der Waals surface area contributed by atoms with Crippen LogP contribution in [0.5, 0.6) is 5.75 Å². The minimum atomic E-state index is -4.89. The smallest absolute Gasteiger partial charge is 0.403 e. The molecule has 2 aromatic carbocycles. The van der Waals surface area contributed by atoms with Crippen molar-refractivity contribution >= 4 is 16.6 Å². The molecule has 28 heavy (non-hydrogen) atoms. The zero-order valence-electron chi connectivity index (χ0n) is 14.5. The lowest BCUT2D eigenvalue weighted by Gasteiger charge is -2.21. The fourth-order valence-electron chi connectivity index (χ4n) is 2.87. The van der Waals surface area contributed by atoms with Crippen molar-refractivity contribution in [2.75, 3.05) is 11.9 Å². The first-order chi connectivity index (χ1) is 13.2. The fourth-order valence-corrected chi connectivity index (χ4v) is 2.87. The number of aromatic nitrogens is 1. The highest BCUT2D eigenvalue weighted by molar-refractivity contribution is 5.95. The van der Waals surface area contributed by atoms with Gasteiger partial charge in [0, 0.05) is 28.4 Å². The van der Waals surface area contributed by atoms with E-state index in [1.807, 2.05) is 0 Å². The molecule has 0 fully saturated rings. The van der Waals surface area contributed by atoms with Gasteiger partial charge in [-0.15, -0.1) is 13.2 Å². The highest BCUT2D eigenvalue weighted by Crippen LogP contribution is 2.34. The Hall–Kier alpha value is -2.94. The van der Waals surface area contributed by atoms with Crippen molar-refractivity contribution in [2.24, 2.45) is 0 Å². The molecule has 4 nitrogen and oxygen atoms in total. The predicted octanol–water partition coefficient (Wildman–Crippen LogP) is 4.87. The summed E-state index contributed by atoms with van der Waals surface area (Å²) >= 11 is 0. The van der Waals surface area contributed by atoms with Crippen LogP contribution in [0.25, 0.3) is 10.9 Å². The van der Waals surface area contributed by atoms with Gasteiger partial charge in [-0.1, -0.05) is 18.2 Å². The first-order valence-corrected chi connectivity index (χ1v) is 8.16. The molecule has 1 heterocycles. The molecule has 1 aromatic heterocycles. The van der Waals surface area contributed by atoms with Crippen LogP contribution in [-0.4, -0.2) is 23.1 Å². The molecule has 3 aromatic rings. The number of nitrogens with zero attached hydrogens (tertiary/aromatic N) is 1. The van der Waals surface area contributed by atoms with Gasteiger partial charge in [0.2, 0.25) is 0 Å². The Labute approximate surface area is 156 Å². The maximum atomic E-state index is 14.1. The van der Waals surface area contributed by atoms with Crippen LogP contribution < -0.4 is 10.1 Å². The van der Waals surface area contributed by atoms with Gasteiger partial charge >= 0.3 is 6.36 Å². The molecule has 1 atom stereocenters. The van der Waals surface area contributed by atoms with Crippen LogP contribution in [0.3, 0.4) is 0 Å². The second-order valence-electron chi connectivity index (χ2n) is 6.06. The molecule has 0 radical (unpaired) electrons. The number of aliphatic hydroxyl groups excluding tert-OH is 1. The van der Waals surface area contributed by atoms with Crippen LogP contribution in [0.1, 0.15) is 17.3 Å². The molecule has 0 spiro atoms. The number of anilines is 1. The fraction of sp³-hybridized carbons (Fsp3) is 0.211. The number of para-hydroxylation sites is 1. The van der Waals surface area contributed by atoms with E-state index < -0.39 is 36.4 Å². The van der Waals surface area contributed by atoms with Gasteiger partial charge in [0.25, 0.3) is 0 Å². The van der Waals surface area contributed by atoms with Crippen molar-refractivity contribution in [3.05, 3.63) is 65.4 Å². The molecule has 0 amide bonds. The van der Waals surface area contributed by atoms with E-state index in [1.54, 1.807) is 13.0 Å². The Balaban J connectivity index is 2.06. The van der Waals surface area contributed by atoms with Crippen molar-refractivity contribution in [3.63, 3.8) is 0 Å². The molecule has 0 bridgehead atoms. The summed E-state index contributed by atoms with van der Waals surface area (Å²) in [5, 5.41) is 12.8. The maximum absolute atomic E-state index is 14.1. The third-order valence-corrected chi connectivity index (χ3v) is 4.01. The van der Waals surface area contributed by atoms with Crippen LogP contribution in [-0.2, 0) is 0 Å². The average Bonchev–Trinajstić information content (AvgIpc) is 2.59. The van der Waals surface area contributed by atoms with E-state index in [0.717, 1.165) is 12.1 Å². The first-order valence-electron chi connectivity index (χ1n) is 8.16. The number of alkyl halides is 3. The number of hydrogen-bond acceptors (Lipinski definition) is 4. The summed E-state index contributed by atoms with van der Waals surface area (Å²) in [7, 11) is 0. The van der Waals surface area contributed by atoms with Gasteiger partial charge in [0.1, 0.15) is 17.2 Å². The molecule has 148 valence electrons. The number of aryl methyl sites for hydroxylation is 1. The molecule has 0 aliphatic heterocycles. The third kappa shape index (κ3) is 4.30. The number of fused-ring (bicyclic) bond motifs is 1. The molecule has 0 aliphatic carbocycles. The van der Waals surface area contributed by atoms with E-state index in [4.69, 9.17) is 0 Å². The number of aliphatic hydroxyl groups is 1. The topological polar surface area (TPSA) is 54.4 Å². The summed E-state index contributed by atoms with van der Waals surface area (Å²) in [4.78, 5) is 4.10. The largest absolute Gasteiger partial charge is 0.573 e. The lowest BCUT2D eigenvalue weighted by atomic mass is 10.0. The monoisotopic (exact) mass is 398 g/mol. The lowest BCUT2D eigenvalue weighted by molar-refractivity contribution is -0.274. The molecule has 3 rings (SSSR count). The molecule has 0 saturated heterocycles. The number of ether oxygens (including phenoxy) is 1. The standard InChI is InChI=1S/C19H15F5N2O2/c1-10-7-15(26-16(9-27)12-6-5-11(20)8-14(12)21)13-3-2-4-17(18(13)25-10)28-19(22,23)24/h2-8,16,27H,9H2,1H3,(H,25,26). The zero-order chi connectivity index (χ0) is 20.5. The summed E-state index contributed by atoms with van der Waals surface area (Å²) in [6, 6.07) is 7.52. The second-order valence-corrected chi connectivity index (χ2v) is 6.06. The van der Waals surface area contributed by atoms with Crippen LogP contribution in [0.15, 0.2) is 42.5 Å². The molecule has 9 heteroatoms. The van der Waals surface area contributed by atoms with Crippen LogP contribution in [0.2, 0.25) is 0 Å². The van der Waals surface area contributed by atoms with E-state index in [0.29, 0.717) is 17.4 Å². The number of halogens is 5. The molecule has 2 N–H and O–H groups in total. The van der Waals surface area contributed by atoms with E-state index in [1.165, 1.54) is 18.2 Å². The van der Waals surface area contributed by atoms with Crippen molar-refractivity contribution in [1.82, 2.24) is 4.98 Å². The van der Waals surface area contributed by atoms with Gasteiger partial charge in [-0.25, -0.2) is 13.8 Å². The van der Waals surface area contributed by atoms with Gasteiger partial charge in [0.05, 0.1) is 12.6 Å². The first kappa shape index (κ1) is 19.8. The SMILES string of the molecule is Cc1cc(NC(CO)c2ccc(F)cc2F)c2cccc(OC(F)(F)F)c2n1. The Kier molecular flexibility index (Phi) is 5.37. The quantitative estimate of drug-likeness (QED) is 0.603. The van der Waals surface area contributed by atoms with E-state index in [9.17, 15) is 27.1 Å². The summed E-state index contributed by atoms with van der Waals surface area (Å²) in [6.07, 6.45) is -4.89. The van der Waals surface area contributed by atoms with Gasteiger partial charge in [-0.3, -0.25) is 0 Å². The minimum Gasteiger partial charge on any atom is -0.403 e. The zero-order valence-corrected chi connectivity index (χ0v) is 14.5. The van der Waals surface area contributed by atoms with E-state index in [-0.39, 0.29) is 16.5 Å². The average molecular weight is 398 g/mol. The van der Waals surface area contributed by atoms with Gasteiger partial charge in [0.15, 0.2) is 5.75 Å². The summed E-state index contributed by atoms with van der Waals surface area (Å²) in [5.41, 5.74) is 0.662. The highest BCUT2D eigenvalue weighted by Gasteiger charge is 2.32. The molecule has 0 aliphatic rings. The highest BCUT2D eigenvalue weighted by atomic mass is 19.4. The number of hydrogen-bond donors (Lipinski definition) is 2. The lowest BCUT2D eigenvalue weighted by Crippen LogP contribution is -2.18. The maximum Gasteiger partial charge on any atom is 0.573 e. The van der Waals surface area contributed by atoms with Gasteiger partial charge in [-0.05, 0) is 25.1 Å². The molecular weight excluding hydrogens is 383 g/mol. The van der Waals surface area contributed by atoms with E-state index in [2.05, 4.69) is 15.0 Å². The number of rotatable bonds is 5. The predicted molar refractivity (Wildman–Crippen MR) is 93.0 cm³/mol. The number of pyridine rings is 1. The Morgan fingerprint density at radius 2 is 1.89 bits per heavy atom. The van der Waals surface area contributed by atoms with Crippen LogP contribution in [0, 0.1) is 18.6 Å². The Morgan fingerprint density at radius 1 is 1.14 bits per heavy atom. The van der Waals surface area contributed by atoms with Crippen molar-refractivity contribution in [2.45, 2.75) is 19.3 Å². The second kappa shape index (κ2) is 7.59. The van der Waals surface area contributed by atoms with Gasteiger partial charge in [-0.2, -0.15) is 0 Å². The number of benzene rings is 2.